The van der Waals surface area contributed by atoms with Crippen LogP contribution in [0.1, 0.15) is 33.6 Å². The van der Waals surface area contributed by atoms with E-state index in [0.29, 0.717) is 6.10 Å². The molecule has 1 N–H and O–H groups in total. The maximum atomic E-state index is 11.1. The summed E-state index contributed by atoms with van der Waals surface area (Å²) in [6, 6.07) is 0. The maximum absolute atomic E-state index is 11.1. The molecule has 0 saturated carbocycles. The van der Waals surface area contributed by atoms with Gasteiger partial charge in [0.1, 0.15) is 0 Å². The number of nitrogens with one attached hydrogen (secondary N) is 1. The summed E-state index contributed by atoms with van der Waals surface area (Å²) in [5, 5.41) is 3.55. The van der Waals surface area contributed by atoms with Gasteiger partial charge in [0, 0.05) is 35.4 Å². The number of rotatable bonds is 5. The van der Waals surface area contributed by atoms with E-state index in [1.54, 1.807) is 6.26 Å². The van der Waals surface area contributed by atoms with Crippen molar-refractivity contribution in [2.45, 2.75) is 50.6 Å². The Balaban J connectivity index is 2.14. The maximum Gasteiger partial charge on any atom is 0.0707 e. The SMILES string of the molecule is CC(CNCC1CCC(C)(C)O1)S(C)=O. The summed E-state index contributed by atoms with van der Waals surface area (Å²) in [7, 11) is -0.732. The Bertz CT molecular complexity index is 231. The van der Waals surface area contributed by atoms with E-state index in [-0.39, 0.29) is 10.9 Å². The van der Waals surface area contributed by atoms with Gasteiger partial charge in [0.15, 0.2) is 0 Å². The third-order valence-electron chi connectivity index (χ3n) is 2.92. The van der Waals surface area contributed by atoms with E-state index in [9.17, 15) is 4.21 Å². The van der Waals surface area contributed by atoms with Gasteiger partial charge < -0.3 is 10.1 Å². The highest BCUT2D eigenvalue weighted by Crippen LogP contribution is 2.28. The zero-order valence-electron chi connectivity index (χ0n) is 10.2. The molecule has 0 radical (unpaired) electrons. The van der Waals surface area contributed by atoms with E-state index in [1.807, 2.05) is 6.92 Å². The first kappa shape index (κ1) is 13.1. The van der Waals surface area contributed by atoms with Crippen molar-refractivity contribution in [3.8, 4) is 0 Å². The molecule has 15 heavy (non-hydrogen) atoms. The van der Waals surface area contributed by atoms with E-state index in [0.717, 1.165) is 25.9 Å². The van der Waals surface area contributed by atoms with Gasteiger partial charge in [-0.3, -0.25) is 4.21 Å². The van der Waals surface area contributed by atoms with Crippen molar-refractivity contribution < 1.29 is 8.95 Å². The molecule has 1 heterocycles. The second-order valence-electron chi connectivity index (χ2n) is 5.01. The summed E-state index contributed by atoms with van der Waals surface area (Å²) in [5.74, 6) is 0. The van der Waals surface area contributed by atoms with Gasteiger partial charge in [-0.15, -0.1) is 0 Å². The van der Waals surface area contributed by atoms with Gasteiger partial charge >= 0.3 is 0 Å². The minimum Gasteiger partial charge on any atom is -0.371 e. The first-order chi connectivity index (χ1) is 6.91. The average molecular weight is 233 g/mol. The van der Waals surface area contributed by atoms with Gasteiger partial charge in [0.25, 0.3) is 0 Å². The van der Waals surface area contributed by atoms with Gasteiger partial charge in [-0.05, 0) is 33.6 Å². The van der Waals surface area contributed by atoms with Gasteiger partial charge in [-0.1, -0.05) is 0 Å². The summed E-state index contributed by atoms with van der Waals surface area (Å²) in [6.07, 6.45) is 4.34. The normalized spacial score (nSPS) is 28.9. The predicted molar refractivity (Wildman–Crippen MR) is 64.6 cm³/mol. The molecule has 1 aliphatic rings. The van der Waals surface area contributed by atoms with E-state index >= 15 is 0 Å². The molecule has 0 amide bonds. The fourth-order valence-electron chi connectivity index (χ4n) is 1.79. The van der Waals surface area contributed by atoms with E-state index < -0.39 is 10.8 Å². The quantitative estimate of drug-likeness (QED) is 0.778. The molecule has 1 fully saturated rings. The highest BCUT2D eigenvalue weighted by molar-refractivity contribution is 7.84. The minimum atomic E-state index is -0.732. The second-order valence-corrected chi connectivity index (χ2v) is 6.81. The van der Waals surface area contributed by atoms with Crippen LogP contribution in [-0.2, 0) is 15.5 Å². The molecule has 0 spiro atoms. The lowest BCUT2D eigenvalue weighted by Gasteiger charge is -2.20. The lowest BCUT2D eigenvalue weighted by atomic mass is 10.1. The summed E-state index contributed by atoms with van der Waals surface area (Å²) >= 11 is 0. The minimum absolute atomic E-state index is 0.0472. The van der Waals surface area contributed by atoms with E-state index in [2.05, 4.69) is 19.2 Å². The van der Waals surface area contributed by atoms with Crippen molar-refractivity contribution in [2.24, 2.45) is 0 Å². The molecule has 0 bridgehead atoms. The summed E-state index contributed by atoms with van der Waals surface area (Å²) in [5.41, 5.74) is 0.0472. The Kier molecular flexibility index (Phi) is 4.74. The highest BCUT2D eigenvalue weighted by Gasteiger charge is 2.31. The molecule has 3 atom stereocenters. The molecule has 0 aromatic carbocycles. The number of hydrogen-bond acceptors (Lipinski definition) is 3. The van der Waals surface area contributed by atoms with E-state index in [1.165, 1.54) is 0 Å². The Morgan fingerprint density at radius 1 is 1.60 bits per heavy atom. The standard InChI is InChI=1S/C11H23NO2S/c1-9(15(4)13)7-12-8-10-5-6-11(2,3)14-10/h9-10,12H,5-8H2,1-4H3. The molecule has 1 saturated heterocycles. The van der Waals surface area contributed by atoms with Crippen LogP contribution in [0.5, 0.6) is 0 Å². The van der Waals surface area contributed by atoms with Crippen molar-refractivity contribution >= 4 is 10.8 Å². The largest absolute Gasteiger partial charge is 0.371 e. The first-order valence-corrected chi connectivity index (χ1v) is 7.23. The second kappa shape index (κ2) is 5.41. The molecule has 1 rings (SSSR count). The number of hydrogen-bond donors (Lipinski definition) is 1. The summed E-state index contributed by atoms with van der Waals surface area (Å²) in [4.78, 5) is 0. The molecule has 1 aliphatic heterocycles. The van der Waals surface area contributed by atoms with Crippen LogP contribution in [0.2, 0.25) is 0 Å². The van der Waals surface area contributed by atoms with Crippen molar-refractivity contribution in [1.82, 2.24) is 5.32 Å². The van der Waals surface area contributed by atoms with Crippen LogP contribution < -0.4 is 5.32 Å². The molecule has 4 heteroatoms. The van der Waals surface area contributed by atoms with Gasteiger partial charge in [-0.25, -0.2) is 0 Å². The van der Waals surface area contributed by atoms with Crippen molar-refractivity contribution in [3.05, 3.63) is 0 Å². The number of ether oxygens (including phenoxy) is 1. The Hall–Kier alpha value is 0.0700. The molecule has 3 nitrogen and oxygen atoms in total. The van der Waals surface area contributed by atoms with Gasteiger partial charge in [0.2, 0.25) is 0 Å². The third kappa shape index (κ3) is 4.62. The summed E-state index contributed by atoms with van der Waals surface area (Å²) < 4.78 is 17.0. The average Bonchev–Trinajstić information content (AvgIpc) is 2.45. The Morgan fingerprint density at radius 3 is 2.73 bits per heavy atom. The van der Waals surface area contributed by atoms with Crippen molar-refractivity contribution in [3.63, 3.8) is 0 Å². The van der Waals surface area contributed by atoms with E-state index in [4.69, 9.17) is 4.74 Å². The lowest BCUT2D eigenvalue weighted by Crippen LogP contribution is -2.34. The van der Waals surface area contributed by atoms with Crippen LogP contribution in [-0.4, -0.2) is 40.5 Å². The molecular weight excluding hydrogens is 210 g/mol. The zero-order valence-corrected chi connectivity index (χ0v) is 11.0. The Morgan fingerprint density at radius 2 is 2.27 bits per heavy atom. The van der Waals surface area contributed by atoms with Crippen LogP contribution in [0.15, 0.2) is 0 Å². The fraction of sp³-hybridized carbons (Fsp3) is 1.00. The molecule has 0 aromatic rings. The highest BCUT2D eigenvalue weighted by atomic mass is 32.2. The molecule has 0 aliphatic carbocycles. The molecule has 0 aromatic heterocycles. The topological polar surface area (TPSA) is 38.3 Å². The molecular formula is C11H23NO2S. The van der Waals surface area contributed by atoms with Crippen LogP contribution in [0.25, 0.3) is 0 Å². The molecule has 90 valence electrons. The van der Waals surface area contributed by atoms with Crippen molar-refractivity contribution in [2.75, 3.05) is 19.3 Å². The predicted octanol–water partition coefficient (Wildman–Crippen LogP) is 1.30. The van der Waals surface area contributed by atoms with Crippen LogP contribution in [0.3, 0.4) is 0 Å². The Labute approximate surface area is 95.4 Å². The fourth-order valence-corrected chi connectivity index (χ4v) is 2.14. The van der Waals surface area contributed by atoms with Gasteiger partial charge in [-0.2, -0.15) is 0 Å². The summed E-state index contributed by atoms with van der Waals surface area (Å²) in [6.45, 7) is 7.96. The van der Waals surface area contributed by atoms with Crippen molar-refractivity contribution in [1.29, 1.82) is 0 Å². The monoisotopic (exact) mass is 233 g/mol. The zero-order chi connectivity index (χ0) is 11.5. The third-order valence-corrected chi connectivity index (χ3v) is 4.22. The first-order valence-electron chi connectivity index (χ1n) is 5.61. The molecule has 3 unspecified atom stereocenters. The van der Waals surface area contributed by atoms with Crippen LogP contribution in [0, 0.1) is 0 Å². The smallest absolute Gasteiger partial charge is 0.0707 e. The van der Waals surface area contributed by atoms with Crippen LogP contribution in [0.4, 0.5) is 0 Å². The van der Waals surface area contributed by atoms with Crippen LogP contribution >= 0.6 is 0 Å². The van der Waals surface area contributed by atoms with Gasteiger partial charge in [0.05, 0.1) is 11.7 Å². The lowest BCUT2D eigenvalue weighted by molar-refractivity contribution is -0.0140.